The molecule has 0 fully saturated rings. The highest BCUT2D eigenvalue weighted by atomic mass is 32.2. The van der Waals surface area contributed by atoms with Gasteiger partial charge in [0, 0.05) is 12.6 Å². The fourth-order valence-corrected chi connectivity index (χ4v) is 5.53. The third-order valence-corrected chi connectivity index (χ3v) is 7.85. The van der Waals surface area contributed by atoms with Crippen LogP contribution in [-0.4, -0.2) is 50.9 Å². The molecule has 0 saturated heterocycles. The Hall–Kier alpha value is -3.85. The van der Waals surface area contributed by atoms with Crippen LogP contribution in [0.2, 0.25) is 0 Å². The van der Waals surface area contributed by atoms with E-state index >= 15 is 0 Å². The summed E-state index contributed by atoms with van der Waals surface area (Å²) >= 11 is 0. The number of methoxy groups -OCH3 is 1. The van der Waals surface area contributed by atoms with E-state index in [1.165, 1.54) is 17.0 Å². The van der Waals surface area contributed by atoms with Crippen LogP contribution in [0.5, 0.6) is 5.75 Å². The monoisotopic (exact) mass is 537 g/mol. The molecular formula is C29H35N3O5S. The highest BCUT2D eigenvalue weighted by Gasteiger charge is 2.33. The van der Waals surface area contributed by atoms with Crippen LogP contribution in [-0.2, 0) is 26.2 Å². The molecular weight excluding hydrogens is 502 g/mol. The number of nitrogens with one attached hydrogen (secondary N) is 1. The number of amides is 2. The number of benzene rings is 3. The van der Waals surface area contributed by atoms with Gasteiger partial charge >= 0.3 is 0 Å². The molecule has 3 aromatic rings. The van der Waals surface area contributed by atoms with Crippen LogP contribution in [0, 0.1) is 6.92 Å². The van der Waals surface area contributed by atoms with Gasteiger partial charge in [0.1, 0.15) is 18.3 Å². The van der Waals surface area contributed by atoms with Crippen LogP contribution < -0.4 is 14.4 Å². The van der Waals surface area contributed by atoms with Gasteiger partial charge in [-0.25, -0.2) is 8.42 Å². The van der Waals surface area contributed by atoms with E-state index < -0.39 is 28.5 Å². The summed E-state index contributed by atoms with van der Waals surface area (Å²) in [6.07, 6.45) is 0. The van der Waals surface area contributed by atoms with Gasteiger partial charge in [0.2, 0.25) is 11.8 Å². The Morgan fingerprint density at radius 1 is 0.921 bits per heavy atom. The number of anilines is 1. The normalized spacial score (nSPS) is 12.1. The summed E-state index contributed by atoms with van der Waals surface area (Å²) in [5, 5.41) is 2.85. The number of carbonyl (C=O) groups is 2. The molecule has 202 valence electrons. The maximum atomic E-state index is 13.9. The van der Waals surface area contributed by atoms with Gasteiger partial charge in [0.05, 0.1) is 17.7 Å². The molecule has 0 spiro atoms. The predicted molar refractivity (Wildman–Crippen MR) is 148 cm³/mol. The summed E-state index contributed by atoms with van der Waals surface area (Å²) in [6, 6.07) is 21.2. The summed E-state index contributed by atoms with van der Waals surface area (Å²) in [5.41, 5.74) is 1.84. The molecule has 0 aliphatic rings. The second kappa shape index (κ2) is 12.6. The van der Waals surface area contributed by atoms with Crippen molar-refractivity contribution >= 4 is 27.5 Å². The molecule has 1 atom stereocenters. The van der Waals surface area contributed by atoms with Crippen LogP contribution >= 0.6 is 0 Å². The molecule has 0 aromatic heterocycles. The Bertz CT molecular complexity index is 1360. The number of rotatable bonds is 11. The van der Waals surface area contributed by atoms with Crippen LogP contribution in [0.1, 0.15) is 31.9 Å². The first-order valence-corrected chi connectivity index (χ1v) is 13.8. The lowest BCUT2D eigenvalue weighted by molar-refractivity contribution is -0.139. The molecule has 3 aromatic carbocycles. The minimum atomic E-state index is -4.09. The van der Waals surface area contributed by atoms with E-state index in [2.05, 4.69) is 5.32 Å². The molecule has 0 unspecified atom stereocenters. The Labute approximate surface area is 225 Å². The van der Waals surface area contributed by atoms with Crippen LogP contribution in [0.4, 0.5) is 5.69 Å². The van der Waals surface area contributed by atoms with E-state index in [1.54, 1.807) is 81.6 Å². The largest absolute Gasteiger partial charge is 0.497 e. The zero-order valence-corrected chi connectivity index (χ0v) is 23.2. The second-order valence-corrected chi connectivity index (χ2v) is 11.2. The average molecular weight is 538 g/mol. The molecule has 8 nitrogen and oxygen atoms in total. The summed E-state index contributed by atoms with van der Waals surface area (Å²) in [6.45, 7) is 6.72. The molecule has 0 heterocycles. The number of carbonyl (C=O) groups excluding carboxylic acids is 2. The smallest absolute Gasteiger partial charge is 0.264 e. The summed E-state index contributed by atoms with van der Waals surface area (Å²) in [7, 11) is -2.54. The van der Waals surface area contributed by atoms with Gasteiger partial charge in [-0.1, -0.05) is 48.5 Å². The Kier molecular flexibility index (Phi) is 9.52. The molecule has 0 aliphatic carbocycles. The Morgan fingerprint density at radius 2 is 1.58 bits per heavy atom. The molecule has 0 aliphatic heterocycles. The number of hydrogen-bond acceptors (Lipinski definition) is 5. The molecule has 0 radical (unpaired) electrons. The SMILES string of the molecule is COc1cccc(CN(C(=O)CN(c2ccccc2C)S(=O)(=O)c2ccccc2)[C@@H](C)C(=O)NC(C)C)c1. The van der Waals surface area contributed by atoms with Crippen molar-refractivity contribution in [2.24, 2.45) is 0 Å². The predicted octanol–water partition coefficient (Wildman–Crippen LogP) is 4.14. The number of aryl methyl sites for hydroxylation is 1. The minimum Gasteiger partial charge on any atom is -0.497 e. The lowest BCUT2D eigenvalue weighted by atomic mass is 10.1. The molecule has 1 N–H and O–H groups in total. The number of ether oxygens (including phenoxy) is 1. The van der Waals surface area contributed by atoms with E-state index in [9.17, 15) is 18.0 Å². The molecule has 0 saturated carbocycles. The highest BCUT2D eigenvalue weighted by molar-refractivity contribution is 7.92. The lowest BCUT2D eigenvalue weighted by Crippen LogP contribution is -2.52. The maximum Gasteiger partial charge on any atom is 0.264 e. The van der Waals surface area contributed by atoms with Gasteiger partial charge in [-0.3, -0.25) is 13.9 Å². The van der Waals surface area contributed by atoms with Gasteiger partial charge in [-0.05, 0) is 69.2 Å². The molecule has 38 heavy (non-hydrogen) atoms. The van der Waals surface area contributed by atoms with Crippen molar-refractivity contribution in [2.75, 3.05) is 18.0 Å². The van der Waals surface area contributed by atoms with Gasteiger partial charge in [-0.2, -0.15) is 0 Å². The van der Waals surface area contributed by atoms with Crippen molar-refractivity contribution in [3.8, 4) is 5.75 Å². The van der Waals surface area contributed by atoms with Crippen LogP contribution in [0.25, 0.3) is 0 Å². The first kappa shape index (κ1) is 28.7. The fraction of sp³-hybridized carbons (Fsp3) is 0.310. The number of nitrogens with zero attached hydrogens (tertiary/aromatic N) is 2. The number of hydrogen-bond donors (Lipinski definition) is 1. The Balaban J connectivity index is 2.04. The summed E-state index contributed by atoms with van der Waals surface area (Å²) < 4.78 is 34.0. The number of para-hydroxylation sites is 1. The van der Waals surface area contributed by atoms with Crippen molar-refractivity contribution in [1.82, 2.24) is 10.2 Å². The van der Waals surface area contributed by atoms with Gasteiger partial charge in [0.25, 0.3) is 10.0 Å². The topological polar surface area (TPSA) is 96.0 Å². The van der Waals surface area contributed by atoms with Crippen molar-refractivity contribution in [1.29, 1.82) is 0 Å². The van der Waals surface area contributed by atoms with Crippen molar-refractivity contribution < 1.29 is 22.7 Å². The zero-order chi connectivity index (χ0) is 27.9. The van der Waals surface area contributed by atoms with Crippen molar-refractivity contribution in [2.45, 2.75) is 51.2 Å². The first-order chi connectivity index (χ1) is 18.0. The van der Waals surface area contributed by atoms with Gasteiger partial charge in [-0.15, -0.1) is 0 Å². The standard InChI is InChI=1S/C29H35N3O5S/c1-21(2)30-29(34)23(4)31(19-24-13-11-14-25(18-24)37-5)28(33)20-32(27-17-10-9-12-22(27)3)38(35,36)26-15-7-6-8-16-26/h6-18,21,23H,19-20H2,1-5H3,(H,30,34)/t23-/m0/s1. The van der Waals surface area contributed by atoms with Crippen LogP contribution in [0.3, 0.4) is 0 Å². The third-order valence-electron chi connectivity index (χ3n) is 6.08. The summed E-state index contributed by atoms with van der Waals surface area (Å²) in [5.74, 6) is -0.228. The maximum absolute atomic E-state index is 13.9. The Morgan fingerprint density at radius 3 is 2.21 bits per heavy atom. The van der Waals surface area contributed by atoms with Crippen LogP contribution in [0.15, 0.2) is 83.8 Å². The molecule has 3 rings (SSSR count). The molecule has 0 bridgehead atoms. The van der Waals surface area contributed by atoms with Gasteiger partial charge in [0.15, 0.2) is 0 Å². The average Bonchev–Trinajstić information content (AvgIpc) is 2.90. The first-order valence-electron chi connectivity index (χ1n) is 12.4. The van der Waals surface area contributed by atoms with Crippen molar-refractivity contribution in [3.05, 3.63) is 90.0 Å². The van der Waals surface area contributed by atoms with E-state index in [4.69, 9.17) is 4.74 Å². The van der Waals surface area contributed by atoms with E-state index in [-0.39, 0.29) is 23.4 Å². The molecule has 2 amide bonds. The highest BCUT2D eigenvalue weighted by Crippen LogP contribution is 2.27. The lowest BCUT2D eigenvalue weighted by Gasteiger charge is -2.32. The minimum absolute atomic E-state index is 0.0704. The fourth-order valence-electron chi connectivity index (χ4n) is 4.03. The van der Waals surface area contributed by atoms with E-state index in [0.29, 0.717) is 17.0 Å². The van der Waals surface area contributed by atoms with E-state index in [0.717, 1.165) is 9.87 Å². The quantitative estimate of drug-likeness (QED) is 0.397. The molecule has 9 heteroatoms. The van der Waals surface area contributed by atoms with Gasteiger partial charge < -0.3 is 15.0 Å². The van der Waals surface area contributed by atoms with Crippen molar-refractivity contribution in [3.63, 3.8) is 0 Å². The third kappa shape index (κ3) is 6.92. The zero-order valence-electron chi connectivity index (χ0n) is 22.4. The van der Waals surface area contributed by atoms with E-state index in [1.807, 2.05) is 19.9 Å². The second-order valence-electron chi connectivity index (χ2n) is 9.32. The summed E-state index contributed by atoms with van der Waals surface area (Å²) in [4.78, 5) is 28.4. The number of sulfonamides is 1.